The third kappa shape index (κ3) is 6.21. The minimum absolute atomic E-state index is 0.0667. The molecule has 2 aromatic carbocycles. The maximum atomic E-state index is 12.8. The van der Waals surface area contributed by atoms with Gasteiger partial charge in [0.2, 0.25) is 15.9 Å². The fourth-order valence-corrected chi connectivity index (χ4v) is 4.93. The highest BCUT2D eigenvalue weighted by atomic mass is 32.2. The maximum Gasteiger partial charge on any atom is 0.243 e. The van der Waals surface area contributed by atoms with E-state index in [-0.39, 0.29) is 10.8 Å². The van der Waals surface area contributed by atoms with Crippen LogP contribution < -0.4 is 9.47 Å². The topological polar surface area (TPSA) is 76.2 Å². The van der Waals surface area contributed by atoms with Crippen LogP contribution >= 0.6 is 0 Å². The molecule has 1 aliphatic rings. The van der Waals surface area contributed by atoms with Gasteiger partial charge in [0.25, 0.3) is 0 Å². The minimum atomic E-state index is -3.57. The molecule has 0 unspecified atom stereocenters. The molecule has 1 aliphatic heterocycles. The number of carbonyl (C=O) groups excluding carboxylic acids is 1. The van der Waals surface area contributed by atoms with Crippen LogP contribution in [0.25, 0.3) is 0 Å². The number of piperazine rings is 1. The first-order valence-corrected chi connectivity index (χ1v) is 12.0. The monoisotopic (exact) mass is 446 g/mol. The molecule has 0 spiro atoms. The van der Waals surface area contributed by atoms with E-state index in [1.807, 2.05) is 31.2 Å². The Kier molecular flexibility index (Phi) is 7.92. The average molecular weight is 447 g/mol. The lowest BCUT2D eigenvalue weighted by Crippen LogP contribution is -2.50. The van der Waals surface area contributed by atoms with E-state index in [0.717, 1.165) is 24.2 Å². The van der Waals surface area contributed by atoms with Crippen LogP contribution in [0.2, 0.25) is 0 Å². The number of nitrogens with zero attached hydrogens (tertiary/aromatic N) is 2. The first-order valence-electron chi connectivity index (χ1n) is 10.5. The highest BCUT2D eigenvalue weighted by Gasteiger charge is 2.29. The van der Waals surface area contributed by atoms with Gasteiger partial charge in [-0.25, -0.2) is 8.42 Å². The van der Waals surface area contributed by atoms with Crippen molar-refractivity contribution in [2.24, 2.45) is 0 Å². The maximum absolute atomic E-state index is 12.8. The molecule has 0 radical (unpaired) electrons. The molecule has 0 bridgehead atoms. The van der Waals surface area contributed by atoms with Crippen molar-refractivity contribution in [2.45, 2.75) is 31.1 Å². The van der Waals surface area contributed by atoms with Gasteiger partial charge in [-0.05, 0) is 61.7 Å². The molecule has 2 aromatic rings. The molecule has 8 heteroatoms. The zero-order chi connectivity index (χ0) is 22.3. The molecule has 1 heterocycles. The van der Waals surface area contributed by atoms with E-state index in [1.54, 1.807) is 29.2 Å². The molecular formula is C23H30N2O5S. The van der Waals surface area contributed by atoms with Gasteiger partial charge < -0.3 is 14.4 Å². The second kappa shape index (κ2) is 10.6. The molecule has 0 N–H and O–H groups in total. The summed E-state index contributed by atoms with van der Waals surface area (Å²) in [7, 11) is -2.03. The minimum Gasteiger partial charge on any atom is -0.497 e. The number of rotatable bonds is 9. The Morgan fingerprint density at radius 1 is 0.968 bits per heavy atom. The molecule has 0 aromatic heterocycles. The van der Waals surface area contributed by atoms with Gasteiger partial charge in [0, 0.05) is 32.6 Å². The van der Waals surface area contributed by atoms with Crippen LogP contribution in [-0.4, -0.2) is 63.4 Å². The Hall–Kier alpha value is -2.58. The van der Waals surface area contributed by atoms with Gasteiger partial charge >= 0.3 is 0 Å². The number of aryl methyl sites for hydroxylation is 1. The second-order valence-corrected chi connectivity index (χ2v) is 9.52. The summed E-state index contributed by atoms with van der Waals surface area (Å²) in [5, 5.41) is 0. The number of methoxy groups -OCH3 is 1. The van der Waals surface area contributed by atoms with Crippen LogP contribution in [0.3, 0.4) is 0 Å². The molecule has 0 atom stereocenters. The molecule has 168 valence electrons. The predicted molar refractivity (Wildman–Crippen MR) is 119 cm³/mol. The largest absolute Gasteiger partial charge is 0.497 e. The third-order valence-corrected chi connectivity index (χ3v) is 7.24. The summed E-state index contributed by atoms with van der Waals surface area (Å²) in [5.41, 5.74) is 1.15. The van der Waals surface area contributed by atoms with Crippen LogP contribution in [-0.2, 0) is 14.8 Å². The zero-order valence-corrected chi connectivity index (χ0v) is 18.9. The summed E-state index contributed by atoms with van der Waals surface area (Å²) in [6, 6.07) is 14.3. The van der Waals surface area contributed by atoms with E-state index in [0.29, 0.717) is 45.0 Å². The van der Waals surface area contributed by atoms with Crippen molar-refractivity contribution in [2.75, 3.05) is 39.9 Å². The standard InChI is InChI=1S/C23H30N2O5S/c1-19-6-5-7-21(18-19)30-17-4-3-8-23(26)24-13-15-25(16-14-24)31(27,28)22-11-9-20(29-2)10-12-22/h5-7,9-12,18H,3-4,8,13-17H2,1-2H3. The number of hydrogen-bond donors (Lipinski definition) is 0. The number of sulfonamides is 1. The summed E-state index contributed by atoms with van der Waals surface area (Å²) < 4.78 is 37.9. The highest BCUT2D eigenvalue weighted by molar-refractivity contribution is 7.89. The third-order valence-electron chi connectivity index (χ3n) is 5.33. The molecule has 1 fully saturated rings. The Morgan fingerprint density at radius 3 is 2.32 bits per heavy atom. The average Bonchev–Trinajstić information content (AvgIpc) is 2.79. The number of ether oxygens (including phenoxy) is 2. The molecule has 1 saturated heterocycles. The Morgan fingerprint density at radius 2 is 1.68 bits per heavy atom. The Balaban J connectivity index is 1.39. The van der Waals surface area contributed by atoms with Crippen molar-refractivity contribution in [3.8, 4) is 11.5 Å². The molecule has 7 nitrogen and oxygen atoms in total. The molecule has 0 aliphatic carbocycles. The number of unbranched alkanes of at least 4 members (excludes halogenated alkanes) is 1. The molecular weight excluding hydrogens is 416 g/mol. The fraction of sp³-hybridized carbons (Fsp3) is 0.435. The SMILES string of the molecule is COc1ccc(S(=O)(=O)N2CCN(C(=O)CCCCOc3cccc(C)c3)CC2)cc1. The van der Waals surface area contributed by atoms with E-state index in [4.69, 9.17) is 9.47 Å². The van der Waals surface area contributed by atoms with E-state index < -0.39 is 10.0 Å². The van der Waals surface area contributed by atoms with E-state index in [9.17, 15) is 13.2 Å². The zero-order valence-electron chi connectivity index (χ0n) is 18.1. The van der Waals surface area contributed by atoms with Crippen LogP contribution in [0.4, 0.5) is 0 Å². The predicted octanol–water partition coefficient (Wildman–Crippen LogP) is 3.09. The van der Waals surface area contributed by atoms with Crippen molar-refractivity contribution < 1.29 is 22.7 Å². The van der Waals surface area contributed by atoms with Crippen LogP contribution in [0.1, 0.15) is 24.8 Å². The van der Waals surface area contributed by atoms with Gasteiger partial charge in [-0.3, -0.25) is 4.79 Å². The first-order chi connectivity index (χ1) is 14.9. The van der Waals surface area contributed by atoms with Gasteiger partial charge in [0.1, 0.15) is 11.5 Å². The number of benzene rings is 2. The molecule has 1 amide bonds. The lowest BCUT2D eigenvalue weighted by molar-refractivity contribution is -0.132. The van der Waals surface area contributed by atoms with Crippen molar-refractivity contribution in [1.82, 2.24) is 9.21 Å². The summed E-state index contributed by atoms with van der Waals surface area (Å²) >= 11 is 0. The van der Waals surface area contributed by atoms with Gasteiger partial charge in [0.05, 0.1) is 18.6 Å². The molecule has 31 heavy (non-hydrogen) atoms. The second-order valence-electron chi connectivity index (χ2n) is 7.58. The fourth-order valence-electron chi connectivity index (χ4n) is 3.51. The van der Waals surface area contributed by atoms with Crippen LogP contribution in [0.5, 0.6) is 11.5 Å². The Labute approximate surface area is 184 Å². The van der Waals surface area contributed by atoms with Crippen molar-refractivity contribution in [3.05, 3.63) is 54.1 Å². The normalized spacial score (nSPS) is 15.0. The first kappa shape index (κ1) is 23.1. The molecule has 0 saturated carbocycles. The van der Waals surface area contributed by atoms with Crippen LogP contribution in [0, 0.1) is 6.92 Å². The lowest BCUT2D eigenvalue weighted by atomic mass is 10.2. The summed E-state index contributed by atoms with van der Waals surface area (Å²) in [5.74, 6) is 1.52. The van der Waals surface area contributed by atoms with Gasteiger partial charge in [-0.15, -0.1) is 0 Å². The van der Waals surface area contributed by atoms with E-state index in [2.05, 4.69) is 0 Å². The summed E-state index contributed by atoms with van der Waals surface area (Å²) in [4.78, 5) is 14.5. The number of carbonyl (C=O) groups is 1. The van der Waals surface area contributed by atoms with Crippen LogP contribution in [0.15, 0.2) is 53.4 Å². The van der Waals surface area contributed by atoms with Gasteiger partial charge in [-0.1, -0.05) is 12.1 Å². The highest BCUT2D eigenvalue weighted by Crippen LogP contribution is 2.21. The summed E-state index contributed by atoms with van der Waals surface area (Å²) in [6.45, 7) is 4.02. The van der Waals surface area contributed by atoms with E-state index in [1.165, 1.54) is 11.4 Å². The van der Waals surface area contributed by atoms with Crippen molar-refractivity contribution in [3.63, 3.8) is 0 Å². The van der Waals surface area contributed by atoms with Crippen molar-refractivity contribution in [1.29, 1.82) is 0 Å². The molecule has 3 rings (SSSR count). The van der Waals surface area contributed by atoms with Gasteiger partial charge in [-0.2, -0.15) is 4.31 Å². The quantitative estimate of drug-likeness (QED) is 0.554. The van der Waals surface area contributed by atoms with E-state index >= 15 is 0 Å². The number of amides is 1. The van der Waals surface area contributed by atoms with Gasteiger partial charge in [0.15, 0.2) is 0 Å². The van der Waals surface area contributed by atoms with Crippen molar-refractivity contribution >= 4 is 15.9 Å². The lowest BCUT2D eigenvalue weighted by Gasteiger charge is -2.34. The Bertz CT molecular complexity index is 968. The smallest absolute Gasteiger partial charge is 0.243 e. The number of hydrogen-bond acceptors (Lipinski definition) is 5. The summed E-state index contributed by atoms with van der Waals surface area (Å²) in [6.07, 6.45) is 1.99.